The van der Waals surface area contributed by atoms with Crippen LogP contribution < -0.4 is 9.21 Å². The van der Waals surface area contributed by atoms with E-state index < -0.39 is 16.5 Å². The molecule has 0 spiro atoms. The van der Waals surface area contributed by atoms with Gasteiger partial charge in [0.15, 0.2) is 0 Å². The van der Waals surface area contributed by atoms with Gasteiger partial charge in [0, 0.05) is 6.54 Å². The Hall–Kier alpha value is -2.05. The molecule has 6 heteroatoms. The highest BCUT2D eigenvalue weighted by Gasteiger charge is 2.41. The normalized spacial score (nSPS) is 15.5. The van der Waals surface area contributed by atoms with Crippen LogP contribution in [0, 0.1) is 0 Å². The Bertz CT molecular complexity index is 965. The summed E-state index contributed by atoms with van der Waals surface area (Å²) in [5.74, 6) is 0. The van der Waals surface area contributed by atoms with Gasteiger partial charge >= 0.3 is 10.3 Å². The number of anilines is 2. The Labute approximate surface area is 213 Å². The Morgan fingerprint density at radius 1 is 0.686 bits per heavy atom. The molecule has 1 aliphatic heterocycles. The molecule has 0 aromatic heterocycles. The first-order valence-electron chi connectivity index (χ1n) is 13.7. The molecule has 1 N–H and O–H groups in total. The first-order chi connectivity index (χ1) is 17.0. The largest absolute Gasteiger partial charge is 0.361 e. The van der Waals surface area contributed by atoms with Gasteiger partial charge in [-0.25, -0.2) is 4.31 Å². The van der Waals surface area contributed by atoms with Crippen molar-refractivity contribution in [3.8, 4) is 0 Å². The molecule has 3 rings (SSSR count). The second-order valence-corrected chi connectivity index (χ2v) is 11.2. The zero-order chi connectivity index (χ0) is 24.9. The van der Waals surface area contributed by atoms with Crippen LogP contribution >= 0.6 is 0 Å². The van der Waals surface area contributed by atoms with Gasteiger partial charge in [0.25, 0.3) is 0 Å². The molecule has 1 unspecified atom stereocenters. The van der Waals surface area contributed by atoms with Crippen molar-refractivity contribution >= 4 is 21.7 Å². The van der Waals surface area contributed by atoms with Crippen molar-refractivity contribution in [3.63, 3.8) is 0 Å². The molecule has 0 saturated carbocycles. The topological polar surface area (TPSA) is 60.9 Å². The third kappa shape index (κ3) is 8.53. The zero-order valence-electron chi connectivity index (χ0n) is 21.4. The van der Waals surface area contributed by atoms with Crippen LogP contribution in [0.25, 0.3) is 0 Å². The zero-order valence-corrected chi connectivity index (χ0v) is 22.3. The minimum Gasteiger partial charge on any atom is -0.344 e. The first kappa shape index (κ1) is 27.5. The standard InChI is InChI=1S/C29H44N2O3S/c1-2-3-4-5-6-7-8-9-10-11-12-13-17-24-29-30(25-26-20-15-14-16-21-26)27-22-18-19-23-28(27)31(29)35(32,33)34/h14-16,18-23,29H,2-13,17,24-25H2,1H3,(H,32,33,34). The Morgan fingerprint density at radius 3 is 1.71 bits per heavy atom. The molecule has 0 fully saturated rings. The molecule has 2 aromatic carbocycles. The van der Waals surface area contributed by atoms with Crippen LogP contribution in [-0.4, -0.2) is 19.1 Å². The predicted octanol–water partition coefficient (Wildman–Crippen LogP) is 8.12. The summed E-state index contributed by atoms with van der Waals surface area (Å²) in [6, 6.07) is 17.6. The third-order valence-electron chi connectivity index (χ3n) is 7.07. The van der Waals surface area contributed by atoms with Crippen molar-refractivity contribution in [3.05, 3.63) is 60.2 Å². The maximum atomic E-state index is 12.4. The van der Waals surface area contributed by atoms with Gasteiger partial charge in [-0.15, -0.1) is 0 Å². The fraction of sp³-hybridized carbons (Fsp3) is 0.586. The molecule has 1 atom stereocenters. The van der Waals surface area contributed by atoms with Crippen LogP contribution in [-0.2, 0) is 16.8 Å². The minimum absolute atomic E-state index is 0.407. The van der Waals surface area contributed by atoms with Gasteiger partial charge in [0.05, 0.1) is 11.4 Å². The monoisotopic (exact) mass is 500 g/mol. The van der Waals surface area contributed by atoms with Crippen LogP contribution in [0.2, 0.25) is 0 Å². The van der Waals surface area contributed by atoms with Crippen LogP contribution in [0.3, 0.4) is 0 Å². The van der Waals surface area contributed by atoms with Gasteiger partial charge < -0.3 is 4.90 Å². The third-order valence-corrected chi connectivity index (χ3v) is 8.01. The van der Waals surface area contributed by atoms with E-state index in [0.717, 1.165) is 24.1 Å². The molecule has 194 valence electrons. The number of nitrogens with zero attached hydrogens (tertiary/aromatic N) is 2. The molecule has 0 saturated heterocycles. The molecule has 5 nitrogen and oxygen atoms in total. The van der Waals surface area contributed by atoms with Gasteiger partial charge in [-0.2, -0.15) is 8.42 Å². The van der Waals surface area contributed by atoms with Crippen molar-refractivity contribution in [1.82, 2.24) is 0 Å². The maximum absolute atomic E-state index is 12.4. The summed E-state index contributed by atoms with van der Waals surface area (Å²) in [4.78, 5) is 2.12. The smallest absolute Gasteiger partial charge is 0.344 e. The van der Waals surface area contributed by atoms with Gasteiger partial charge in [-0.3, -0.25) is 4.55 Å². The van der Waals surface area contributed by atoms with E-state index in [-0.39, 0.29) is 0 Å². The average Bonchev–Trinajstić information content (AvgIpc) is 3.16. The van der Waals surface area contributed by atoms with Gasteiger partial charge in [-0.05, 0) is 30.5 Å². The number of hydrogen-bond acceptors (Lipinski definition) is 3. The SMILES string of the molecule is CCCCCCCCCCCCCCCC1N(Cc2ccccc2)c2ccccc2N1S(=O)(=O)O. The molecule has 1 heterocycles. The highest BCUT2D eigenvalue weighted by atomic mass is 32.2. The highest BCUT2D eigenvalue weighted by molar-refractivity contribution is 7.87. The van der Waals surface area contributed by atoms with Gasteiger partial charge in [0.1, 0.15) is 6.17 Å². The summed E-state index contributed by atoms with van der Waals surface area (Å²) in [6.07, 6.45) is 16.9. The van der Waals surface area contributed by atoms with Crippen LogP contribution in [0.15, 0.2) is 54.6 Å². The van der Waals surface area contributed by atoms with E-state index in [1.54, 1.807) is 6.07 Å². The summed E-state index contributed by atoms with van der Waals surface area (Å²) in [6.45, 7) is 2.87. The summed E-state index contributed by atoms with van der Waals surface area (Å²) >= 11 is 0. The highest BCUT2D eigenvalue weighted by Crippen LogP contribution is 2.43. The van der Waals surface area contributed by atoms with Crippen LogP contribution in [0.1, 0.15) is 102 Å². The van der Waals surface area contributed by atoms with E-state index in [1.165, 1.54) is 74.9 Å². The summed E-state index contributed by atoms with van der Waals surface area (Å²) in [7, 11) is -4.37. The molecule has 1 aliphatic rings. The Balaban J connectivity index is 1.47. The van der Waals surface area contributed by atoms with Crippen molar-refractivity contribution < 1.29 is 13.0 Å². The van der Waals surface area contributed by atoms with E-state index in [9.17, 15) is 13.0 Å². The first-order valence-corrected chi connectivity index (χ1v) is 15.1. The van der Waals surface area contributed by atoms with Crippen molar-refractivity contribution in [2.24, 2.45) is 0 Å². The van der Waals surface area contributed by atoms with Crippen LogP contribution in [0.4, 0.5) is 11.4 Å². The molecule has 2 aromatic rings. The van der Waals surface area contributed by atoms with E-state index in [1.807, 2.05) is 36.4 Å². The van der Waals surface area contributed by atoms with Crippen molar-refractivity contribution in [2.45, 2.75) is 110 Å². The second-order valence-electron chi connectivity index (χ2n) is 9.89. The number of hydrogen-bond donors (Lipinski definition) is 1. The minimum atomic E-state index is -4.37. The van der Waals surface area contributed by atoms with Crippen molar-refractivity contribution in [2.75, 3.05) is 9.21 Å². The van der Waals surface area contributed by atoms with Crippen molar-refractivity contribution in [1.29, 1.82) is 0 Å². The van der Waals surface area contributed by atoms with E-state index in [4.69, 9.17) is 0 Å². The molecule has 0 amide bonds. The van der Waals surface area contributed by atoms with Crippen LogP contribution in [0.5, 0.6) is 0 Å². The Kier molecular flexibility index (Phi) is 11.4. The lowest BCUT2D eigenvalue weighted by Crippen LogP contribution is -2.45. The lowest BCUT2D eigenvalue weighted by atomic mass is 10.0. The molecular weight excluding hydrogens is 456 g/mol. The lowest BCUT2D eigenvalue weighted by Gasteiger charge is -2.31. The lowest BCUT2D eigenvalue weighted by molar-refractivity contribution is 0.456. The summed E-state index contributed by atoms with van der Waals surface area (Å²) < 4.78 is 36.1. The number of para-hydroxylation sites is 2. The molecular formula is C29H44N2O3S. The number of benzene rings is 2. The average molecular weight is 501 g/mol. The van der Waals surface area contributed by atoms with E-state index in [2.05, 4.69) is 24.0 Å². The molecule has 0 aliphatic carbocycles. The van der Waals surface area contributed by atoms with E-state index in [0.29, 0.717) is 18.7 Å². The maximum Gasteiger partial charge on any atom is 0.361 e. The number of rotatable bonds is 17. The summed E-state index contributed by atoms with van der Waals surface area (Å²) in [5, 5.41) is 0. The second kappa shape index (κ2) is 14.5. The summed E-state index contributed by atoms with van der Waals surface area (Å²) in [5.41, 5.74) is 2.54. The number of unbranched alkanes of at least 4 members (excludes halogenated alkanes) is 12. The molecule has 0 bridgehead atoms. The molecule has 0 radical (unpaired) electrons. The van der Waals surface area contributed by atoms with Gasteiger partial charge in [-0.1, -0.05) is 126 Å². The predicted molar refractivity (Wildman–Crippen MR) is 147 cm³/mol. The fourth-order valence-corrected chi connectivity index (χ4v) is 6.14. The fourth-order valence-electron chi connectivity index (χ4n) is 5.21. The molecule has 35 heavy (non-hydrogen) atoms. The van der Waals surface area contributed by atoms with Gasteiger partial charge in [0.2, 0.25) is 0 Å². The Morgan fingerprint density at radius 2 is 1.17 bits per heavy atom. The quantitative estimate of drug-likeness (QED) is 0.176. The van der Waals surface area contributed by atoms with E-state index >= 15 is 0 Å². The number of fused-ring (bicyclic) bond motifs is 1.